The third-order valence-electron chi connectivity index (χ3n) is 1.80. The molecule has 14 heavy (non-hydrogen) atoms. The molecule has 1 atom stereocenters. The van der Waals surface area contributed by atoms with Gasteiger partial charge < -0.3 is 5.32 Å². The Bertz CT molecular complexity index is 160. The van der Waals surface area contributed by atoms with E-state index in [1.807, 2.05) is 11.8 Å². The Kier molecular flexibility index (Phi) is 8.40. The predicted molar refractivity (Wildman–Crippen MR) is 69.1 cm³/mol. The summed E-state index contributed by atoms with van der Waals surface area (Å²) in [5.74, 6) is 1.18. The van der Waals surface area contributed by atoms with Gasteiger partial charge in [-0.3, -0.25) is 0 Å². The van der Waals surface area contributed by atoms with Crippen LogP contribution in [0.15, 0.2) is 11.6 Å². The van der Waals surface area contributed by atoms with E-state index in [4.69, 9.17) is 0 Å². The minimum atomic E-state index is 0.548. The Morgan fingerprint density at radius 1 is 1.36 bits per heavy atom. The van der Waals surface area contributed by atoms with Crippen molar-refractivity contribution in [3.05, 3.63) is 11.6 Å². The summed E-state index contributed by atoms with van der Waals surface area (Å²) < 4.78 is 0. The molecule has 0 saturated carbocycles. The molecule has 84 valence electrons. The molecule has 0 fully saturated rings. The molecule has 2 heteroatoms. The van der Waals surface area contributed by atoms with Crippen molar-refractivity contribution in [3.63, 3.8) is 0 Å². The average Bonchev–Trinajstić information content (AvgIpc) is 2.09. The van der Waals surface area contributed by atoms with Gasteiger partial charge in [0.15, 0.2) is 0 Å². The van der Waals surface area contributed by atoms with E-state index in [0.29, 0.717) is 6.04 Å². The lowest BCUT2D eigenvalue weighted by molar-refractivity contribution is 0.627. The van der Waals surface area contributed by atoms with Crippen molar-refractivity contribution in [2.45, 2.75) is 52.3 Å². The summed E-state index contributed by atoms with van der Waals surface area (Å²) >= 11 is 2.02. The lowest BCUT2D eigenvalue weighted by Crippen LogP contribution is -2.30. The summed E-state index contributed by atoms with van der Waals surface area (Å²) in [6.07, 6.45) is 3.55. The lowest BCUT2D eigenvalue weighted by Gasteiger charge is -2.16. The molecule has 0 aromatic rings. The highest BCUT2D eigenvalue weighted by Gasteiger charge is 2.05. The second-order valence-corrected chi connectivity index (χ2v) is 5.80. The first-order valence-corrected chi connectivity index (χ1v) is 6.61. The van der Waals surface area contributed by atoms with E-state index in [0.717, 1.165) is 11.8 Å². The monoisotopic (exact) mass is 215 g/mol. The molecule has 0 aromatic heterocycles. The van der Waals surface area contributed by atoms with Crippen LogP contribution in [0, 0.1) is 0 Å². The smallest absolute Gasteiger partial charge is 0.0343 e. The van der Waals surface area contributed by atoms with Gasteiger partial charge in [-0.05, 0) is 32.1 Å². The molecule has 1 nitrogen and oxygen atoms in total. The maximum atomic E-state index is 3.56. The SMILES string of the molecule is CCCNC(C=C(C)C)CSC(C)C. The van der Waals surface area contributed by atoms with Crippen LogP contribution in [0.4, 0.5) is 0 Å². The summed E-state index contributed by atoms with van der Waals surface area (Å²) in [5, 5.41) is 4.29. The van der Waals surface area contributed by atoms with Crippen molar-refractivity contribution in [1.82, 2.24) is 5.32 Å². The molecule has 0 bridgehead atoms. The molecule has 1 unspecified atom stereocenters. The van der Waals surface area contributed by atoms with Gasteiger partial charge in [-0.2, -0.15) is 11.8 Å². The minimum absolute atomic E-state index is 0.548. The van der Waals surface area contributed by atoms with Crippen LogP contribution in [0.3, 0.4) is 0 Å². The topological polar surface area (TPSA) is 12.0 Å². The zero-order valence-corrected chi connectivity index (χ0v) is 11.1. The molecule has 0 aromatic carbocycles. The van der Waals surface area contributed by atoms with Gasteiger partial charge in [0.1, 0.15) is 0 Å². The Labute approximate surface area is 93.7 Å². The van der Waals surface area contributed by atoms with Gasteiger partial charge in [-0.1, -0.05) is 32.4 Å². The largest absolute Gasteiger partial charge is 0.310 e. The van der Waals surface area contributed by atoms with Crippen LogP contribution in [0.1, 0.15) is 41.0 Å². The Hall–Kier alpha value is 0.0500. The van der Waals surface area contributed by atoms with Crippen LogP contribution in [0.5, 0.6) is 0 Å². The van der Waals surface area contributed by atoms with Gasteiger partial charge in [0.25, 0.3) is 0 Å². The number of allylic oxidation sites excluding steroid dienone is 1. The first-order chi connectivity index (χ1) is 6.56. The second kappa shape index (κ2) is 8.37. The standard InChI is InChI=1S/C12H25NS/c1-6-7-13-12(8-10(2)3)9-14-11(4)5/h8,11-13H,6-7,9H2,1-5H3. The van der Waals surface area contributed by atoms with E-state index < -0.39 is 0 Å². The summed E-state index contributed by atoms with van der Waals surface area (Å²) in [7, 11) is 0. The van der Waals surface area contributed by atoms with Gasteiger partial charge in [0.2, 0.25) is 0 Å². The zero-order chi connectivity index (χ0) is 11.0. The maximum Gasteiger partial charge on any atom is 0.0343 e. The minimum Gasteiger partial charge on any atom is -0.310 e. The van der Waals surface area contributed by atoms with E-state index in [-0.39, 0.29) is 0 Å². The van der Waals surface area contributed by atoms with E-state index in [2.05, 4.69) is 46.0 Å². The van der Waals surface area contributed by atoms with Crippen LogP contribution < -0.4 is 5.32 Å². The zero-order valence-electron chi connectivity index (χ0n) is 10.3. The summed E-state index contributed by atoms with van der Waals surface area (Å²) in [6, 6.07) is 0.548. The molecular weight excluding hydrogens is 190 g/mol. The van der Waals surface area contributed by atoms with Crippen molar-refractivity contribution in [1.29, 1.82) is 0 Å². The highest BCUT2D eigenvalue weighted by atomic mass is 32.2. The van der Waals surface area contributed by atoms with Gasteiger partial charge in [-0.25, -0.2) is 0 Å². The summed E-state index contributed by atoms with van der Waals surface area (Å²) in [5.41, 5.74) is 1.41. The second-order valence-electron chi connectivity index (χ2n) is 4.19. The molecule has 1 N–H and O–H groups in total. The molecule has 0 aliphatic rings. The van der Waals surface area contributed by atoms with Crippen molar-refractivity contribution in [2.75, 3.05) is 12.3 Å². The number of hydrogen-bond acceptors (Lipinski definition) is 2. The third-order valence-corrected chi connectivity index (χ3v) is 3.02. The van der Waals surface area contributed by atoms with Crippen molar-refractivity contribution in [3.8, 4) is 0 Å². The molecule has 0 rings (SSSR count). The van der Waals surface area contributed by atoms with Gasteiger partial charge >= 0.3 is 0 Å². The predicted octanol–water partition coefficient (Wildman–Crippen LogP) is 3.46. The number of thioether (sulfide) groups is 1. The molecular formula is C12H25NS. The number of nitrogens with one attached hydrogen (secondary N) is 1. The quantitative estimate of drug-likeness (QED) is 0.653. The van der Waals surface area contributed by atoms with E-state index in [1.165, 1.54) is 17.7 Å². The number of rotatable bonds is 7. The molecule has 0 heterocycles. The van der Waals surface area contributed by atoms with Crippen LogP contribution in [0.2, 0.25) is 0 Å². The Balaban J connectivity index is 3.91. The Morgan fingerprint density at radius 2 is 2.00 bits per heavy atom. The van der Waals surface area contributed by atoms with Crippen LogP contribution in [-0.2, 0) is 0 Å². The molecule has 0 spiro atoms. The van der Waals surface area contributed by atoms with Crippen molar-refractivity contribution in [2.24, 2.45) is 0 Å². The molecule has 0 saturated heterocycles. The summed E-state index contributed by atoms with van der Waals surface area (Å²) in [4.78, 5) is 0. The lowest BCUT2D eigenvalue weighted by atomic mass is 10.2. The van der Waals surface area contributed by atoms with Gasteiger partial charge in [0.05, 0.1) is 0 Å². The fraction of sp³-hybridized carbons (Fsp3) is 0.833. The summed E-state index contributed by atoms with van der Waals surface area (Å²) in [6.45, 7) is 12.2. The van der Waals surface area contributed by atoms with E-state index in [9.17, 15) is 0 Å². The van der Waals surface area contributed by atoms with Crippen LogP contribution >= 0.6 is 11.8 Å². The van der Waals surface area contributed by atoms with E-state index >= 15 is 0 Å². The number of hydrogen-bond donors (Lipinski definition) is 1. The first kappa shape index (κ1) is 14.1. The average molecular weight is 215 g/mol. The fourth-order valence-corrected chi connectivity index (χ4v) is 2.00. The van der Waals surface area contributed by atoms with Crippen LogP contribution in [-0.4, -0.2) is 23.6 Å². The third kappa shape index (κ3) is 8.64. The first-order valence-electron chi connectivity index (χ1n) is 5.56. The Morgan fingerprint density at radius 3 is 2.43 bits per heavy atom. The molecule has 0 aliphatic carbocycles. The normalized spacial score (nSPS) is 13.0. The van der Waals surface area contributed by atoms with Gasteiger partial charge in [0, 0.05) is 11.8 Å². The maximum absolute atomic E-state index is 3.56. The van der Waals surface area contributed by atoms with Gasteiger partial charge in [-0.15, -0.1) is 0 Å². The van der Waals surface area contributed by atoms with Crippen LogP contribution in [0.25, 0.3) is 0 Å². The van der Waals surface area contributed by atoms with Crippen molar-refractivity contribution < 1.29 is 0 Å². The fourth-order valence-electron chi connectivity index (χ4n) is 1.19. The molecule has 0 amide bonds. The van der Waals surface area contributed by atoms with Crippen molar-refractivity contribution >= 4 is 11.8 Å². The molecule has 0 radical (unpaired) electrons. The highest BCUT2D eigenvalue weighted by Crippen LogP contribution is 2.12. The highest BCUT2D eigenvalue weighted by molar-refractivity contribution is 7.99. The van der Waals surface area contributed by atoms with E-state index in [1.54, 1.807) is 0 Å². The molecule has 0 aliphatic heterocycles.